The quantitative estimate of drug-likeness (QED) is 0.746. The molecule has 1 atom stereocenters. The van der Waals surface area contributed by atoms with E-state index in [4.69, 9.17) is 9.47 Å². The summed E-state index contributed by atoms with van der Waals surface area (Å²) in [7, 11) is 5.43. The number of nitrogens with zero attached hydrogens (tertiary/aromatic N) is 1. The zero-order chi connectivity index (χ0) is 15.0. The van der Waals surface area contributed by atoms with Crippen LogP contribution in [0.5, 0.6) is 0 Å². The van der Waals surface area contributed by atoms with Gasteiger partial charge in [-0.25, -0.2) is 0 Å². The van der Waals surface area contributed by atoms with Crippen LogP contribution in [0.3, 0.4) is 0 Å². The topological polar surface area (TPSA) is 33.7 Å². The molecule has 0 amide bonds. The molecular formula is C15H25BrN2O2. The Morgan fingerprint density at radius 3 is 2.30 bits per heavy atom. The summed E-state index contributed by atoms with van der Waals surface area (Å²) < 4.78 is 11.5. The SMILES string of the molecule is CNC(C)c1ccc(Br)cc1N(CCOC)CCOC. The number of ether oxygens (including phenoxy) is 2. The maximum atomic E-state index is 5.22. The van der Waals surface area contributed by atoms with E-state index in [-0.39, 0.29) is 0 Å². The van der Waals surface area contributed by atoms with Gasteiger partial charge in [-0.15, -0.1) is 0 Å². The molecule has 1 unspecified atom stereocenters. The van der Waals surface area contributed by atoms with Gasteiger partial charge in [-0.1, -0.05) is 22.0 Å². The number of rotatable bonds is 9. The van der Waals surface area contributed by atoms with Gasteiger partial charge in [0.25, 0.3) is 0 Å². The summed E-state index contributed by atoms with van der Waals surface area (Å²) in [5.41, 5.74) is 2.50. The lowest BCUT2D eigenvalue weighted by Crippen LogP contribution is -2.32. The van der Waals surface area contributed by atoms with Crippen molar-refractivity contribution in [2.24, 2.45) is 0 Å². The van der Waals surface area contributed by atoms with E-state index in [9.17, 15) is 0 Å². The molecule has 4 nitrogen and oxygen atoms in total. The fraction of sp³-hybridized carbons (Fsp3) is 0.600. The standard InChI is InChI=1S/C15H25BrN2O2/c1-12(17-2)14-6-5-13(16)11-15(14)18(7-9-19-3)8-10-20-4/h5-6,11-12,17H,7-10H2,1-4H3. The second-order valence-electron chi connectivity index (χ2n) is 4.69. The van der Waals surface area contributed by atoms with Crippen LogP contribution in [0.2, 0.25) is 0 Å². The van der Waals surface area contributed by atoms with Crippen molar-refractivity contribution in [1.82, 2.24) is 5.32 Å². The van der Waals surface area contributed by atoms with Crippen molar-refractivity contribution < 1.29 is 9.47 Å². The zero-order valence-corrected chi connectivity index (χ0v) is 14.4. The van der Waals surface area contributed by atoms with E-state index >= 15 is 0 Å². The van der Waals surface area contributed by atoms with Crippen LogP contribution in [0.1, 0.15) is 18.5 Å². The summed E-state index contributed by atoms with van der Waals surface area (Å²) in [6.45, 7) is 5.25. The number of halogens is 1. The summed E-state index contributed by atoms with van der Waals surface area (Å²) in [6, 6.07) is 6.70. The van der Waals surface area contributed by atoms with Crippen LogP contribution in [0.25, 0.3) is 0 Å². The van der Waals surface area contributed by atoms with Crippen molar-refractivity contribution in [3.05, 3.63) is 28.2 Å². The van der Waals surface area contributed by atoms with Crippen LogP contribution in [-0.4, -0.2) is 47.6 Å². The van der Waals surface area contributed by atoms with Crippen molar-refractivity contribution in [3.63, 3.8) is 0 Å². The summed E-state index contributed by atoms with van der Waals surface area (Å²) in [6.07, 6.45) is 0. The van der Waals surface area contributed by atoms with Gasteiger partial charge in [0.1, 0.15) is 0 Å². The molecule has 0 bridgehead atoms. The van der Waals surface area contributed by atoms with Crippen LogP contribution in [0.15, 0.2) is 22.7 Å². The summed E-state index contributed by atoms with van der Waals surface area (Å²) in [5.74, 6) is 0. The Kier molecular flexibility index (Phi) is 8.14. The van der Waals surface area contributed by atoms with E-state index in [1.54, 1.807) is 14.2 Å². The van der Waals surface area contributed by atoms with E-state index in [1.807, 2.05) is 7.05 Å². The molecule has 114 valence electrons. The minimum atomic E-state index is 0.297. The van der Waals surface area contributed by atoms with Gasteiger partial charge >= 0.3 is 0 Å². The first-order valence-electron chi connectivity index (χ1n) is 6.83. The Bertz CT molecular complexity index is 393. The predicted octanol–water partition coefficient (Wildman–Crippen LogP) is 2.83. The average molecular weight is 345 g/mol. The minimum Gasteiger partial charge on any atom is -0.383 e. The van der Waals surface area contributed by atoms with Gasteiger partial charge in [-0.05, 0) is 31.7 Å². The molecule has 1 rings (SSSR count). The molecule has 20 heavy (non-hydrogen) atoms. The van der Waals surface area contributed by atoms with Gasteiger partial charge in [0, 0.05) is 43.5 Å². The third-order valence-corrected chi connectivity index (χ3v) is 3.86. The normalized spacial score (nSPS) is 12.4. The monoisotopic (exact) mass is 344 g/mol. The molecule has 1 aromatic rings. The highest BCUT2D eigenvalue weighted by Crippen LogP contribution is 2.29. The first-order valence-corrected chi connectivity index (χ1v) is 7.62. The van der Waals surface area contributed by atoms with Crippen molar-refractivity contribution in [2.75, 3.05) is 52.5 Å². The molecule has 5 heteroatoms. The number of nitrogens with one attached hydrogen (secondary N) is 1. The number of hydrogen-bond donors (Lipinski definition) is 1. The Morgan fingerprint density at radius 2 is 1.80 bits per heavy atom. The highest BCUT2D eigenvalue weighted by atomic mass is 79.9. The van der Waals surface area contributed by atoms with E-state index < -0.39 is 0 Å². The number of hydrogen-bond acceptors (Lipinski definition) is 4. The zero-order valence-electron chi connectivity index (χ0n) is 12.8. The van der Waals surface area contributed by atoms with Crippen LogP contribution in [0.4, 0.5) is 5.69 Å². The molecule has 0 spiro atoms. The summed E-state index contributed by atoms with van der Waals surface area (Å²) in [5, 5.41) is 3.30. The first-order chi connectivity index (χ1) is 9.63. The molecule has 1 N–H and O–H groups in total. The molecule has 1 aromatic carbocycles. The molecule has 0 aliphatic rings. The van der Waals surface area contributed by atoms with Gasteiger partial charge < -0.3 is 19.7 Å². The lowest BCUT2D eigenvalue weighted by Gasteiger charge is -2.28. The van der Waals surface area contributed by atoms with E-state index in [0.29, 0.717) is 19.3 Å². The van der Waals surface area contributed by atoms with Gasteiger partial charge in [-0.3, -0.25) is 0 Å². The van der Waals surface area contributed by atoms with Gasteiger partial charge in [0.15, 0.2) is 0 Å². The summed E-state index contributed by atoms with van der Waals surface area (Å²) >= 11 is 3.56. The van der Waals surface area contributed by atoms with Crippen LogP contribution in [-0.2, 0) is 9.47 Å². The molecule has 0 aliphatic heterocycles. The Morgan fingerprint density at radius 1 is 1.20 bits per heavy atom. The first kappa shape index (κ1) is 17.4. The maximum absolute atomic E-state index is 5.22. The number of methoxy groups -OCH3 is 2. The Labute approximate surface area is 130 Å². The predicted molar refractivity (Wildman–Crippen MR) is 87.6 cm³/mol. The molecule has 0 fully saturated rings. The molecule has 0 heterocycles. The summed E-state index contributed by atoms with van der Waals surface area (Å²) in [4.78, 5) is 2.31. The average Bonchev–Trinajstić information content (AvgIpc) is 2.46. The lowest BCUT2D eigenvalue weighted by atomic mass is 10.1. The smallest absolute Gasteiger partial charge is 0.0637 e. The molecule has 0 radical (unpaired) electrons. The van der Waals surface area contributed by atoms with Crippen LogP contribution in [0, 0.1) is 0 Å². The van der Waals surface area contributed by atoms with Crippen LogP contribution < -0.4 is 10.2 Å². The Balaban J connectivity index is 3.04. The van der Waals surface area contributed by atoms with Crippen molar-refractivity contribution >= 4 is 21.6 Å². The molecule has 0 saturated carbocycles. The highest BCUT2D eigenvalue weighted by molar-refractivity contribution is 9.10. The second-order valence-corrected chi connectivity index (χ2v) is 5.60. The van der Waals surface area contributed by atoms with E-state index in [0.717, 1.165) is 17.6 Å². The van der Waals surface area contributed by atoms with E-state index in [2.05, 4.69) is 51.3 Å². The molecule has 0 aliphatic carbocycles. The molecule has 0 saturated heterocycles. The maximum Gasteiger partial charge on any atom is 0.0637 e. The van der Waals surface area contributed by atoms with Crippen molar-refractivity contribution in [2.45, 2.75) is 13.0 Å². The number of anilines is 1. The fourth-order valence-corrected chi connectivity index (χ4v) is 2.42. The largest absolute Gasteiger partial charge is 0.383 e. The Hall–Kier alpha value is -0.620. The molecular weight excluding hydrogens is 320 g/mol. The van der Waals surface area contributed by atoms with Gasteiger partial charge in [0.2, 0.25) is 0 Å². The third-order valence-electron chi connectivity index (χ3n) is 3.36. The van der Waals surface area contributed by atoms with Gasteiger partial charge in [0.05, 0.1) is 13.2 Å². The van der Waals surface area contributed by atoms with Crippen molar-refractivity contribution in [1.29, 1.82) is 0 Å². The fourth-order valence-electron chi connectivity index (χ4n) is 2.07. The second kappa shape index (κ2) is 9.34. The van der Waals surface area contributed by atoms with Crippen molar-refractivity contribution in [3.8, 4) is 0 Å². The highest BCUT2D eigenvalue weighted by Gasteiger charge is 2.15. The molecule has 0 aromatic heterocycles. The lowest BCUT2D eigenvalue weighted by molar-refractivity contribution is 0.190. The van der Waals surface area contributed by atoms with Crippen LogP contribution >= 0.6 is 15.9 Å². The van der Waals surface area contributed by atoms with E-state index in [1.165, 1.54) is 11.3 Å². The van der Waals surface area contributed by atoms with Gasteiger partial charge in [-0.2, -0.15) is 0 Å². The minimum absolute atomic E-state index is 0.297. The number of benzene rings is 1. The third kappa shape index (κ3) is 5.05.